The van der Waals surface area contributed by atoms with Crippen molar-refractivity contribution < 1.29 is 4.79 Å². The summed E-state index contributed by atoms with van der Waals surface area (Å²) in [6.45, 7) is 4.95. The van der Waals surface area contributed by atoms with E-state index in [0.29, 0.717) is 9.52 Å². The van der Waals surface area contributed by atoms with Gasteiger partial charge in [0.2, 0.25) is 0 Å². The van der Waals surface area contributed by atoms with E-state index in [1.807, 2.05) is 0 Å². The molecule has 0 saturated heterocycles. The molecule has 0 rings (SSSR count). The molecule has 2 heteroatoms. The maximum absolute atomic E-state index is 9.98. The second-order valence-corrected chi connectivity index (χ2v) is 2.31. The first-order chi connectivity index (χ1) is 2.77. The molecule has 0 bridgehead atoms. The normalized spacial score (nSPS) is 7.50. The van der Waals surface area contributed by atoms with Gasteiger partial charge in [0.1, 0.15) is 5.41 Å². The van der Waals surface area contributed by atoms with Gasteiger partial charge in [0.25, 0.3) is 0 Å². The summed E-state index contributed by atoms with van der Waals surface area (Å²) in [6, 6.07) is 0. The minimum Gasteiger partial charge on any atom is -0.306 e. The maximum atomic E-state index is 9.98. The van der Waals surface area contributed by atoms with Gasteiger partial charge in [-0.15, -0.1) is 6.58 Å². The van der Waals surface area contributed by atoms with Gasteiger partial charge in [-0.3, -0.25) is 0 Å². The van der Waals surface area contributed by atoms with Crippen molar-refractivity contribution in [3.8, 4) is 0 Å². The lowest BCUT2D eigenvalue weighted by atomic mass is 10.9. The molecule has 0 heterocycles. The third kappa shape index (κ3) is 3.63. The summed E-state index contributed by atoms with van der Waals surface area (Å²) in [6.07, 6.45) is 0. The monoisotopic (exact) mass is 98.0 g/mol. The molecular formula is C4H6OSi. The molecule has 0 aromatic carbocycles. The van der Waals surface area contributed by atoms with E-state index in [1.54, 1.807) is 12.6 Å². The molecule has 0 aromatic rings. The highest BCUT2D eigenvalue weighted by atomic mass is 28.2. The highest BCUT2D eigenvalue weighted by Crippen LogP contribution is 1.61. The Morgan fingerprint density at radius 1 is 2.00 bits per heavy atom. The van der Waals surface area contributed by atoms with Gasteiger partial charge in [-0.1, -0.05) is 5.70 Å². The van der Waals surface area contributed by atoms with Crippen molar-refractivity contribution in [2.75, 3.05) is 0 Å². The van der Waals surface area contributed by atoms with Crippen LogP contribution in [0.25, 0.3) is 0 Å². The zero-order valence-corrected chi connectivity index (χ0v) is 4.69. The molecule has 1 nitrogen and oxygen atoms in total. The van der Waals surface area contributed by atoms with Gasteiger partial charge < -0.3 is 4.79 Å². The van der Waals surface area contributed by atoms with E-state index in [2.05, 4.69) is 6.58 Å². The van der Waals surface area contributed by atoms with Gasteiger partial charge in [-0.2, -0.15) is 0 Å². The fourth-order valence-electron chi connectivity index (χ4n) is 0.144. The van der Waals surface area contributed by atoms with Crippen LogP contribution in [-0.4, -0.2) is 14.9 Å². The molecule has 0 aliphatic rings. The van der Waals surface area contributed by atoms with Gasteiger partial charge in [0, 0.05) is 0 Å². The van der Waals surface area contributed by atoms with Crippen LogP contribution in [0.15, 0.2) is 12.3 Å². The van der Waals surface area contributed by atoms with Gasteiger partial charge in [-0.25, -0.2) is 0 Å². The van der Waals surface area contributed by atoms with E-state index in [1.165, 1.54) is 0 Å². The SMILES string of the molecule is C=C[Si]C(C)=O. The highest BCUT2D eigenvalue weighted by Gasteiger charge is 1.83. The van der Waals surface area contributed by atoms with E-state index >= 15 is 0 Å². The van der Waals surface area contributed by atoms with Crippen LogP contribution in [-0.2, 0) is 4.79 Å². The lowest BCUT2D eigenvalue weighted by molar-refractivity contribution is -0.110. The number of carbonyl (C=O) groups is 1. The van der Waals surface area contributed by atoms with Crippen LogP contribution >= 0.6 is 0 Å². The molecule has 0 atom stereocenters. The molecule has 0 saturated carbocycles. The molecule has 0 amide bonds. The minimum absolute atomic E-state index is 0.199. The van der Waals surface area contributed by atoms with Gasteiger partial charge in [0.05, 0.1) is 0 Å². The van der Waals surface area contributed by atoms with E-state index in [4.69, 9.17) is 0 Å². The molecule has 0 unspecified atom stereocenters. The molecule has 0 spiro atoms. The number of hydrogen-bond acceptors (Lipinski definition) is 1. The fourth-order valence-corrected chi connectivity index (χ4v) is 0.431. The Morgan fingerprint density at radius 2 is 2.50 bits per heavy atom. The molecule has 0 fully saturated rings. The third-order valence-electron chi connectivity index (χ3n) is 0.305. The highest BCUT2D eigenvalue weighted by molar-refractivity contribution is 6.77. The van der Waals surface area contributed by atoms with Crippen LogP contribution < -0.4 is 0 Å². The van der Waals surface area contributed by atoms with Crippen molar-refractivity contribution in [2.24, 2.45) is 0 Å². The predicted octanol–water partition coefficient (Wildman–Crippen LogP) is 0.381. The van der Waals surface area contributed by atoms with Crippen LogP contribution in [0.4, 0.5) is 0 Å². The Bertz CT molecular complexity index is 67.9. The lowest BCUT2D eigenvalue weighted by Crippen LogP contribution is -1.97. The lowest BCUT2D eigenvalue weighted by Gasteiger charge is -1.72. The summed E-state index contributed by atoms with van der Waals surface area (Å²) in [4.78, 5) is 9.98. The average molecular weight is 98.2 g/mol. The van der Waals surface area contributed by atoms with E-state index in [9.17, 15) is 4.79 Å². The molecule has 32 valence electrons. The summed E-state index contributed by atoms with van der Waals surface area (Å²) in [5.41, 5.74) is 1.63. The molecular weight excluding hydrogens is 92.1 g/mol. The van der Waals surface area contributed by atoms with Crippen molar-refractivity contribution in [1.82, 2.24) is 0 Å². The first-order valence-corrected chi connectivity index (χ1v) is 2.73. The van der Waals surface area contributed by atoms with Crippen molar-refractivity contribution >= 4 is 14.9 Å². The van der Waals surface area contributed by atoms with Crippen LogP contribution in [0.3, 0.4) is 0 Å². The Labute approximate surface area is 39.9 Å². The second kappa shape index (κ2) is 2.84. The number of hydrogen-bond donors (Lipinski definition) is 0. The van der Waals surface area contributed by atoms with Gasteiger partial charge >= 0.3 is 0 Å². The Hall–Kier alpha value is -0.373. The second-order valence-electron chi connectivity index (χ2n) is 0.905. The van der Waals surface area contributed by atoms with Crippen LogP contribution in [0, 0.1) is 0 Å². The van der Waals surface area contributed by atoms with E-state index < -0.39 is 0 Å². The predicted molar refractivity (Wildman–Crippen MR) is 26.6 cm³/mol. The Kier molecular flexibility index (Phi) is 2.67. The minimum atomic E-state index is 0.199. The average Bonchev–Trinajstić information content (AvgIpc) is 1.35. The quantitative estimate of drug-likeness (QED) is 0.456. The first-order valence-electron chi connectivity index (χ1n) is 1.65. The zero-order valence-electron chi connectivity index (χ0n) is 3.69. The fraction of sp³-hybridized carbons (Fsp3) is 0.250. The summed E-state index contributed by atoms with van der Waals surface area (Å²) in [5.74, 6) is 0. The van der Waals surface area contributed by atoms with Gasteiger partial charge in [0.15, 0.2) is 9.52 Å². The topological polar surface area (TPSA) is 17.1 Å². The van der Waals surface area contributed by atoms with Gasteiger partial charge in [-0.05, 0) is 6.92 Å². The largest absolute Gasteiger partial charge is 0.306 e. The molecule has 0 aliphatic heterocycles. The van der Waals surface area contributed by atoms with E-state index in [0.717, 1.165) is 0 Å². The van der Waals surface area contributed by atoms with Crippen LogP contribution in [0.2, 0.25) is 0 Å². The van der Waals surface area contributed by atoms with E-state index in [-0.39, 0.29) is 5.41 Å². The molecule has 6 heavy (non-hydrogen) atoms. The molecule has 2 radical (unpaired) electrons. The molecule has 0 N–H and O–H groups in total. The third-order valence-corrected chi connectivity index (χ3v) is 0.916. The molecule has 0 aliphatic carbocycles. The van der Waals surface area contributed by atoms with Crippen molar-refractivity contribution in [3.05, 3.63) is 12.3 Å². The maximum Gasteiger partial charge on any atom is 0.162 e. The summed E-state index contributed by atoms with van der Waals surface area (Å²) in [7, 11) is 0.296. The summed E-state index contributed by atoms with van der Waals surface area (Å²) < 4.78 is 0. The molecule has 0 aromatic heterocycles. The Morgan fingerprint density at radius 3 is 2.50 bits per heavy atom. The summed E-state index contributed by atoms with van der Waals surface area (Å²) >= 11 is 0. The van der Waals surface area contributed by atoms with Crippen molar-refractivity contribution in [1.29, 1.82) is 0 Å². The number of rotatable bonds is 2. The summed E-state index contributed by atoms with van der Waals surface area (Å²) in [5, 5.41) is 0.199. The van der Waals surface area contributed by atoms with Crippen LogP contribution in [0.5, 0.6) is 0 Å². The zero-order chi connectivity index (χ0) is 4.99. The standard InChI is InChI=1S/C4H6OSi/c1-3-6-4(2)5/h3H,1H2,2H3. The van der Waals surface area contributed by atoms with Crippen molar-refractivity contribution in [2.45, 2.75) is 6.92 Å². The number of carbonyl (C=O) groups excluding carboxylic acids is 1. The van der Waals surface area contributed by atoms with Crippen LogP contribution in [0.1, 0.15) is 6.92 Å². The first kappa shape index (κ1) is 5.63. The Balaban J connectivity index is 3.05. The van der Waals surface area contributed by atoms with Crippen molar-refractivity contribution in [3.63, 3.8) is 0 Å². The smallest absolute Gasteiger partial charge is 0.162 e.